The molecule has 3 atom stereocenters. The molecule has 0 aromatic carbocycles. The van der Waals surface area contributed by atoms with Crippen molar-refractivity contribution in [2.45, 2.75) is 63.6 Å². The lowest BCUT2D eigenvalue weighted by Gasteiger charge is -2.32. The molecule has 110 valence electrons. The highest BCUT2D eigenvalue weighted by atomic mass is 16.3. The van der Waals surface area contributed by atoms with Crippen LogP contribution < -0.4 is 10.6 Å². The van der Waals surface area contributed by atoms with Gasteiger partial charge in [-0.15, -0.1) is 0 Å². The van der Waals surface area contributed by atoms with E-state index in [1.807, 2.05) is 6.92 Å². The van der Waals surface area contributed by atoms with Crippen LogP contribution in [0.25, 0.3) is 0 Å². The third-order valence-electron chi connectivity index (χ3n) is 4.41. The first kappa shape index (κ1) is 14.6. The van der Waals surface area contributed by atoms with Crippen LogP contribution in [0.3, 0.4) is 0 Å². The number of nitrogens with one attached hydrogen (secondary N) is 2. The first-order valence-electron chi connectivity index (χ1n) is 7.67. The first-order chi connectivity index (χ1) is 9.20. The number of hydrogen-bond acceptors (Lipinski definition) is 3. The van der Waals surface area contributed by atoms with Gasteiger partial charge in [0.2, 0.25) is 0 Å². The summed E-state index contributed by atoms with van der Waals surface area (Å²) in [6.07, 6.45) is 5.91. The maximum atomic E-state index is 11.8. The SMILES string of the molecule is CCC(O)CCNC(=O)NC1CCN2CCCCC12. The molecule has 2 rings (SSSR count). The Morgan fingerprint density at radius 2 is 2.21 bits per heavy atom. The summed E-state index contributed by atoms with van der Waals surface area (Å²) in [6, 6.07) is 0.762. The summed E-state index contributed by atoms with van der Waals surface area (Å²) in [7, 11) is 0. The van der Waals surface area contributed by atoms with Gasteiger partial charge in [-0.05, 0) is 38.6 Å². The molecule has 2 heterocycles. The Hall–Kier alpha value is -0.810. The van der Waals surface area contributed by atoms with Crippen LogP contribution in [0.15, 0.2) is 0 Å². The van der Waals surface area contributed by atoms with Crippen molar-refractivity contribution in [3.63, 3.8) is 0 Å². The molecule has 0 aromatic heterocycles. The van der Waals surface area contributed by atoms with Crippen LogP contribution in [0.4, 0.5) is 4.79 Å². The summed E-state index contributed by atoms with van der Waals surface area (Å²) >= 11 is 0. The Bertz CT molecular complexity index is 298. The number of hydrogen-bond donors (Lipinski definition) is 3. The molecule has 2 aliphatic heterocycles. The van der Waals surface area contributed by atoms with Crippen molar-refractivity contribution in [1.82, 2.24) is 15.5 Å². The van der Waals surface area contributed by atoms with E-state index in [1.165, 1.54) is 25.8 Å². The van der Waals surface area contributed by atoms with E-state index in [9.17, 15) is 9.90 Å². The molecule has 3 unspecified atom stereocenters. The summed E-state index contributed by atoms with van der Waals surface area (Å²) in [5.41, 5.74) is 0. The first-order valence-corrected chi connectivity index (χ1v) is 7.67. The maximum Gasteiger partial charge on any atom is 0.315 e. The van der Waals surface area contributed by atoms with E-state index in [-0.39, 0.29) is 12.1 Å². The van der Waals surface area contributed by atoms with Gasteiger partial charge >= 0.3 is 6.03 Å². The molecule has 2 saturated heterocycles. The number of nitrogens with zero attached hydrogens (tertiary/aromatic N) is 1. The lowest BCUT2D eigenvalue weighted by atomic mass is 9.99. The molecule has 5 heteroatoms. The number of aliphatic hydroxyl groups is 1. The molecular formula is C14H27N3O2. The second kappa shape index (κ2) is 7.10. The Kier molecular flexibility index (Phi) is 5.45. The van der Waals surface area contributed by atoms with Crippen LogP contribution in [0.1, 0.15) is 45.4 Å². The molecule has 3 N–H and O–H groups in total. The summed E-state index contributed by atoms with van der Waals surface area (Å²) in [4.78, 5) is 14.3. The number of rotatable bonds is 5. The number of piperidine rings is 1. The van der Waals surface area contributed by atoms with E-state index in [0.717, 1.165) is 19.4 Å². The zero-order chi connectivity index (χ0) is 13.7. The van der Waals surface area contributed by atoms with Crippen molar-refractivity contribution in [1.29, 1.82) is 0 Å². The van der Waals surface area contributed by atoms with Gasteiger partial charge in [0, 0.05) is 25.2 Å². The molecule has 2 fully saturated rings. The van der Waals surface area contributed by atoms with E-state index in [0.29, 0.717) is 25.0 Å². The van der Waals surface area contributed by atoms with Crippen molar-refractivity contribution in [2.75, 3.05) is 19.6 Å². The zero-order valence-corrected chi connectivity index (χ0v) is 11.9. The van der Waals surface area contributed by atoms with Crippen LogP contribution in [0.2, 0.25) is 0 Å². The second-order valence-corrected chi connectivity index (χ2v) is 5.75. The van der Waals surface area contributed by atoms with Crippen molar-refractivity contribution >= 4 is 6.03 Å². The van der Waals surface area contributed by atoms with E-state index in [2.05, 4.69) is 15.5 Å². The highest BCUT2D eigenvalue weighted by Crippen LogP contribution is 2.26. The molecule has 0 aromatic rings. The van der Waals surface area contributed by atoms with Gasteiger partial charge in [-0.25, -0.2) is 4.79 Å². The average Bonchev–Trinajstić information content (AvgIpc) is 2.82. The van der Waals surface area contributed by atoms with Gasteiger partial charge in [-0.1, -0.05) is 13.3 Å². The Balaban J connectivity index is 1.67. The van der Waals surface area contributed by atoms with Crippen molar-refractivity contribution < 1.29 is 9.90 Å². The van der Waals surface area contributed by atoms with Crippen LogP contribution in [-0.2, 0) is 0 Å². The fraction of sp³-hybridized carbons (Fsp3) is 0.929. The number of amides is 2. The molecule has 2 amide bonds. The molecule has 0 spiro atoms. The minimum absolute atomic E-state index is 0.0827. The molecule has 0 radical (unpaired) electrons. The largest absolute Gasteiger partial charge is 0.393 e. The van der Waals surface area contributed by atoms with E-state index in [4.69, 9.17) is 0 Å². The number of aliphatic hydroxyl groups excluding tert-OH is 1. The number of fused-ring (bicyclic) bond motifs is 1. The van der Waals surface area contributed by atoms with Crippen LogP contribution in [0.5, 0.6) is 0 Å². The summed E-state index contributed by atoms with van der Waals surface area (Å²) in [5, 5.41) is 15.4. The quantitative estimate of drug-likeness (QED) is 0.699. The molecule has 19 heavy (non-hydrogen) atoms. The summed E-state index contributed by atoms with van der Waals surface area (Å²) in [6.45, 7) is 4.79. The topological polar surface area (TPSA) is 64.6 Å². The van der Waals surface area contributed by atoms with Crippen molar-refractivity contribution in [2.24, 2.45) is 0 Å². The molecule has 0 bridgehead atoms. The monoisotopic (exact) mass is 269 g/mol. The Labute approximate surface area is 115 Å². The maximum absolute atomic E-state index is 11.8. The number of carbonyl (C=O) groups excluding carboxylic acids is 1. The van der Waals surface area contributed by atoms with Crippen molar-refractivity contribution in [3.8, 4) is 0 Å². The fourth-order valence-electron chi connectivity index (χ4n) is 3.19. The predicted molar refractivity (Wildman–Crippen MR) is 75.1 cm³/mol. The van der Waals surface area contributed by atoms with Crippen LogP contribution >= 0.6 is 0 Å². The predicted octanol–water partition coefficient (Wildman–Crippen LogP) is 1.07. The van der Waals surface area contributed by atoms with Gasteiger partial charge in [-0.3, -0.25) is 4.90 Å². The second-order valence-electron chi connectivity index (χ2n) is 5.75. The van der Waals surface area contributed by atoms with Gasteiger partial charge in [0.15, 0.2) is 0 Å². The standard InChI is InChI=1S/C14H27N3O2/c1-2-11(18)6-8-15-14(19)16-12-7-10-17-9-4-3-5-13(12)17/h11-13,18H,2-10H2,1H3,(H2,15,16,19). The van der Waals surface area contributed by atoms with Gasteiger partial charge in [0.05, 0.1) is 6.10 Å². The van der Waals surface area contributed by atoms with Gasteiger partial charge < -0.3 is 15.7 Å². The van der Waals surface area contributed by atoms with Crippen LogP contribution in [-0.4, -0.2) is 53.9 Å². The number of urea groups is 1. The van der Waals surface area contributed by atoms with E-state index < -0.39 is 0 Å². The van der Waals surface area contributed by atoms with E-state index >= 15 is 0 Å². The highest BCUT2D eigenvalue weighted by Gasteiger charge is 2.36. The number of carbonyl (C=O) groups is 1. The molecule has 2 aliphatic rings. The van der Waals surface area contributed by atoms with Gasteiger partial charge in [-0.2, -0.15) is 0 Å². The minimum Gasteiger partial charge on any atom is -0.393 e. The normalized spacial score (nSPS) is 28.7. The molecule has 5 nitrogen and oxygen atoms in total. The zero-order valence-electron chi connectivity index (χ0n) is 11.9. The third kappa shape index (κ3) is 4.08. The highest BCUT2D eigenvalue weighted by molar-refractivity contribution is 5.74. The van der Waals surface area contributed by atoms with E-state index in [1.54, 1.807) is 0 Å². The molecule has 0 aliphatic carbocycles. The smallest absolute Gasteiger partial charge is 0.315 e. The lowest BCUT2D eigenvalue weighted by Crippen LogP contribution is -2.49. The Morgan fingerprint density at radius 1 is 1.37 bits per heavy atom. The lowest BCUT2D eigenvalue weighted by molar-refractivity contribution is 0.159. The minimum atomic E-state index is -0.305. The molecular weight excluding hydrogens is 242 g/mol. The fourth-order valence-corrected chi connectivity index (χ4v) is 3.19. The summed E-state index contributed by atoms with van der Waals surface area (Å²) < 4.78 is 0. The van der Waals surface area contributed by atoms with Gasteiger partial charge in [0.1, 0.15) is 0 Å². The average molecular weight is 269 g/mol. The third-order valence-corrected chi connectivity index (χ3v) is 4.41. The van der Waals surface area contributed by atoms with Crippen molar-refractivity contribution in [3.05, 3.63) is 0 Å². The van der Waals surface area contributed by atoms with Crippen LogP contribution in [0, 0.1) is 0 Å². The summed E-state index contributed by atoms with van der Waals surface area (Å²) in [5.74, 6) is 0. The Morgan fingerprint density at radius 3 is 3.00 bits per heavy atom. The molecule has 0 saturated carbocycles. The van der Waals surface area contributed by atoms with Gasteiger partial charge in [0.25, 0.3) is 0 Å².